The van der Waals surface area contributed by atoms with Crippen LogP contribution in [0.15, 0.2) is 18.2 Å². The fourth-order valence-electron chi connectivity index (χ4n) is 3.26. The van der Waals surface area contributed by atoms with Crippen LogP contribution in [0.3, 0.4) is 0 Å². The number of ether oxygens (including phenoxy) is 1. The molecule has 3 rings (SSSR count). The van der Waals surface area contributed by atoms with E-state index in [0.29, 0.717) is 28.0 Å². The summed E-state index contributed by atoms with van der Waals surface area (Å²) in [7, 11) is 1.81. The topological polar surface area (TPSA) is 84.4 Å². The third-order valence-electron chi connectivity index (χ3n) is 4.96. The minimum Gasteiger partial charge on any atom is -0.462 e. The number of carbonyl (C=O) groups excluding carboxylic acids is 2. The van der Waals surface area contributed by atoms with Gasteiger partial charge in [0.15, 0.2) is 0 Å². The summed E-state index contributed by atoms with van der Waals surface area (Å²) in [5.41, 5.74) is 3.73. The number of likely N-dealkylation sites (N-methyl/N-ethyl adjacent to an activating group) is 1. The van der Waals surface area contributed by atoms with Gasteiger partial charge in [-0.25, -0.2) is 14.8 Å². The van der Waals surface area contributed by atoms with Crippen molar-refractivity contribution in [1.82, 2.24) is 9.97 Å². The van der Waals surface area contributed by atoms with Gasteiger partial charge in [-0.1, -0.05) is 12.1 Å². The van der Waals surface area contributed by atoms with Crippen molar-refractivity contribution in [3.63, 3.8) is 0 Å². The Hall–Kier alpha value is -3.00. The van der Waals surface area contributed by atoms with E-state index >= 15 is 0 Å². The van der Waals surface area contributed by atoms with E-state index in [1.165, 1.54) is 11.3 Å². The smallest absolute Gasteiger partial charge is 0.348 e. The highest BCUT2D eigenvalue weighted by molar-refractivity contribution is 7.20. The van der Waals surface area contributed by atoms with Gasteiger partial charge in [-0.2, -0.15) is 0 Å². The lowest BCUT2D eigenvalue weighted by molar-refractivity contribution is -0.114. The fourth-order valence-corrected chi connectivity index (χ4v) is 4.37. The molecule has 0 saturated heterocycles. The molecule has 0 spiro atoms. The Bertz CT molecular complexity index is 1120. The third kappa shape index (κ3) is 4.28. The van der Waals surface area contributed by atoms with Gasteiger partial charge in [-0.05, 0) is 57.4 Å². The number of thiophene rings is 1. The Kier molecular flexibility index (Phi) is 6.36. The average Bonchev–Trinajstić information content (AvgIpc) is 3.01. The van der Waals surface area contributed by atoms with E-state index in [9.17, 15) is 9.59 Å². The van der Waals surface area contributed by atoms with Crippen LogP contribution in [-0.4, -0.2) is 42.0 Å². The van der Waals surface area contributed by atoms with E-state index < -0.39 is 0 Å². The summed E-state index contributed by atoms with van der Waals surface area (Å²) in [5, 5.41) is 3.75. The third-order valence-corrected chi connectivity index (χ3v) is 6.13. The Balaban J connectivity index is 1.90. The number of fused-ring (bicyclic) bond motifs is 1. The molecule has 0 atom stereocenters. The molecular weight excluding hydrogens is 400 g/mol. The van der Waals surface area contributed by atoms with Crippen molar-refractivity contribution in [3.05, 3.63) is 45.6 Å². The number of aryl methyl sites for hydroxylation is 3. The van der Waals surface area contributed by atoms with Crippen molar-refractivity contribution in [2.75, 3.05) is 30.4 Å². The van der Waals surface area contributed by atoms with Crippen molar-refractivity contribution in [3.8, 4) is 0 Å². The minimum absolute atomic E-state index is 0.114. The van der Waals surface area contributed by atoms with Crippen molar-refractivity contribution in [2.45, 2.75) is 34.6 Å². The van der Waals surface area contributed by atoms with Gasteiger partial charge in [0.2, 0.25) is 5.91 Å². The molecule has 0 saturated carbocycles. The molecule has 0 aliphatic rings. The van der Waals surface area contributed by atoms with Crippen LogP contribution in [-0.2, 0) is 9.53 Å². The normalized spacial score (nSPS) is 10.9. The van der Waals surface area contributed by atoms with Crippen molar-refractivity contribution in [2.24, 2.45) is 0 Å². The Morgan fingerprint density at radius 3 is 2.57 bits per heavy atom. The van der Waals surface area contributed by atoms with E-state index in [0.717, 1.165) is 27.8 Å². The minimum atomic E-state index is -0.364. The number of nitrogens with zero attached hydrogens (tertiary/aromatic N) is 3. The first-order valence-corrected chi connectivity index (χ1v) is 10.6. The molecule has 0 fully saturated rings. The van der Waals surface area contributed by atoms with Crippen molar-refractivity contribution >= 4 is 44.9 Å². The van der Waals surface area contributed by atoms with E-state index in [1.807, 2.05) is 46.0 Å². The molecule has 7 nitrogen and oxygen atoms in total. The largest absolute Gasteiger partial charge is 0.462 e. The predicted octanol–water partition coefficient (Wildman–Crippen LogP) is 4.18. The quantitative estimate of drug-likeness (QED) is 0.596. The molecule has 3 aromatic rings. The van der Waals surface area contributed by atoms with Crippen LogP contribution < -0.4 is 10.2 Å². The maximum atomic E-state index is 12.7. The number of benzene rings is 1. The second kappa shape index (κ2) is 8.79. The Labute approximate surface area is 180 Å². The first kappa shape index (κ1) is 21.7. The summed E-state index contributed by atoms with van der Waals surface area (Å²) in [6, 6.07) is 5.82. The van der Waals surface area contributed by atoms with Gasteiger partial charge in [-0.15, -0.1) is 11.3 Å². The number of esters is 1. The highest BCUT2D eigenvalue weighted by Gasteiger charge is 2.23. The van der Waals surface area contributed by atoms with Gasteiger partial charge < -0.3 is 15.0 Å². The zero-order chi connectivity index (χ0) is 22.0. The predicted molar refractivity (Wildman–Crippen MR) is 121 cm³/mol. The van der Waals surface area contributed by atoms with Gasteiger partial charge in [0.1, 0.15) is 21.3 Å². The fraction of sp³-hybridized carbons (Fsp3) is 0.364. The molecule has 1 N–H and O–H groups in total. The SMILES string of the molecule is CCOC(=O)c1sc2nc(C)nc(N(C)CC(=O)Nc3cccc(C)c3C)c2c1C. The van der Waals surface area contributed by atoms with E-state index in [2.05, 4.69) is 15.3 Å². The Morgan fingerprint density at radius 1 is 1.13 bits per heavy atom. The summed E-state index contributed by atoms with van der Waals surface area (Å²) in [6.45, 7) is 9.85. The van der Waals surface area contributed by atoms with Crippen LogP contribution in [0.4, 0.5) is 11.5 Å². The second-order valence-corrected chi connectivity index (χ2v) is 8.20. The summed E-state index contributed by atoms with van der Waals surface area (Å²) in [4.78, 5) is 37.1. The number of anilines is 2. The molecule has 2 aromatic heterocycles. The van der Waals surface area contributed by atoms with E-state index in [4.69, 9.17) is 4.74 Å². The van der Waals surface area contributed by atoms with Gasteiger partial charge in [0.25, 0.3) is 0 Å². The molecule has 158 valence electrons. The van der Waals surface area contributed by atoms with Gasteiger partial charge in [0, 0.05) is 12.7 Å². The van der Waals surface area contributed by atoms with Crippen molar-refractivity contribution in [1.29, 1.82) is 0 Å². The van der Waals surface area contributed by atoms with Crippen LogP contribution in [0.2, 0.25) is 0 Å². The lowest BCUT2D eigenvalue weighted by atomic mass is 10.1. The van der Waals surface area contributed by atoms with Gasteiger partial charge in [-0.3, -0.25) is 4.79 Å². The number of carbonyl (C=O) groups is 2. The average molecular weight is 427 g/mol. The molecule has 0 aliphatic heterocycles. The lowest BCUT2D eigenvalue weighted by Crippen LogP contribution is -2.31. The highest BCUT2D eigenvalue weighted by Crippen LogP contribution is 2.35. The molecule has 2 heterocycles. The van der Waals surface area contributed by atoms with Gasteiger partial charge >= 0.3 is 5.97 Å². The highest BCUT2D eigenvalue weighted by atomic mass is 32.1. The monoisotopic (exact) mass is 426 g/mol. The van der Waals surface area contributed by atoms with Crippen molar-refractivity contribution < 1.29 is 14.3 Å². The summed E-state index contributed by atoms with van der Waals surface area (Å²) in [5.74, 6) is 0.694. The summed E-state index contributed by atoms with van der Waals surface area (Å²) in [6.07, 6.45) is 0. The summed E-state index contributed by atoms with van der Waals surface area (Å²) >= 11 is 1.29. The molecule has 0 bridgehead atoms. The number of rotatable bonds is 6. The molecule has 1 amide bonds. The van der Waals surface area contributed by atoms with E-state index in [1.54, 1.807) is 18.7 Å². The maximum absolute atomic E-state index is 12.7. The zero-order valence-corrected chi connectivity index (χ0v) is 18.9. The molecular formula is C22H26N4O3S. The molecule has 0 radical (unpaired) electrons. The lowest BCUT2D eigenvalue weighted by Gasteiger charge is -2.20. The van der Waals surface area contributed by atoms with Crippen LogP contribution in [0, 0.1) is 27.7 Å². The zero-order valence-electron chi connectivity index (χ0n) is 18.1. The number of aromatic nitrogens is 2. The molecule has 30 heavy (non-hydrogen) atoms. The maximum Gasteiger partial charge on any atom is 0.348 e. The first-order valence-electron chi connectivity index (χ1n) is 9.75. The Morgan fingerprint density at radius 2 is 1.87 bits per heavy atom. The first-order chi connectivity index (χ1) is 14.2. The molecule has 8 heteroatoms. The van der Waals surface area contributed by atoms with E-state index in [-0.39, 0.29) is 18.4 Å². The number of amides is 1. The molecule has 1 aromatic carbocycles. The van der Waals surface area contributed by atoms with Crippen LogP contribution in [0.5, 0.6) is 0 Å². The van der Waals surface area contributed by atoms with Crippen LogP contribution >= 0.6 is 11.3 Å². The van der Waals surface area contributed by atoms with Gasteiger partial charge in [0.05, 0.1) is 18.5 Å². The molecule has 0 unspecified atom stereocenters. The molecule has 0 aliphatic carbocycles. The van der Waals surface area contributed by atoms with Crippen LogP contribution in [0.1, 0.15) is 39.1 Å². The summed E-state index contributed by atoms with van der Waals surface area (Å²) < 4.78 is 5.17. The number of nitrogens with one attached hydrogen (secondary N) is 1. The standard InChI is InChI=1S/C22H26N4O3S/c1-7-29-22(28)19-14(4)18-20(23-15(5)24-21(18)30-19)26(6)11-17(27)25-16-10-8-9-12(2)13(16)3/h8-10H,7,11H2,1-6H3,(H,25,27). The second-order valence-electron chi connectivity index (χ2n) is 7.20. The number of hydrogen-bond donors (Lipinski definition) is 1. The van der Waals surface area contributed by atoms with Crippen LogP contribution in [0.25, 0.3) is 10.2 Å². The number of hydrogen-bond acceptors (Lipinski definition) is 7.